The maximum absolute atomic E-state index is 12.5. The number of rotatable bonds is 5. The minimum Gasteiger partial charge on any atom is -0.496 e. The molecule has 1 aromatic rings. The number of benzene rings is 1. The summed E-state index contributed by atoms with van der Waals surface area (Å²) >= 11 is 0. The van der Waals surface area contributed by atoms with E-state index >= 15 is 0 Å². The van der Waals surface area contributed by atoms with Gasteiger partial charge in [-0.15, -0.1) is 0 Å². The Kier molecular flexibility index (Phi) is 5.42. The van der Waals surface area contributed by atoms with E-state index in [0.717, 1.165) is 12.8 Å². The minimum absolute atomic E-state index is 0.0188. The van der Waals surface area contributed by atoms with Crippen molar-refractivity contribution in [3.63, 3.8) is 0 Å². The van der Waals surface area contributed by atoms with E-state index in [2.05, 4.69) is 24.1 Å². The molecule has 1 heterocycles. The summed E-state index contributed by atoms with van der Waals surface area (Å²) in [5.74, 6) is 0.602. The summed E-state index contributed by atoms with van der Waals surface area (Å²) in [6.07, 6.45) is 2.27. The van der Waals surface area contributed by atoms with Gasteiger partial charge in [0.1, 0.15) is 5.75 Å². The standard InChI is InChI=1S/C17H26N2O3/c1-11-5-6-12(2)19(11)13(3)17(21)18-15-7-8-16(22-4)14(9-15)10-20/h7-9,11-13,20H,5-6,10H2,1-4H3,(H,18,21). The van der Waals surface area contributed by atoms with Gasteiger partial charge in [-0.1, -0.05) is 0 Å². The smallest absolute Gasteiger partial charge is 0.241 e. The van der Waals surface area contributed by atoms with Crippen molar-refractivity contribution >= 4 is 11.6 Å². The molecular formula is C17H26N2O3. The predicted octanol–water partition coefficient (Wildman–Crippen LogP) is 2.39. The zero-order valence-corrected chi connectivity index (χ0v) is 13.8. The normalized spacial score (nSPS) is 23.3. The van der Waals surface area contributed by atoms with E-state index in [1.165, 1.54) is 0 Å². The molecule has 5 nitrogen and oxygen atoms in total. The highest BCUT2D eigenvalue weighted by Gasteiger charge is 2.34. The summed E-state index contributed by atoms with van der Waals surface area (Å²) in [4.78, 5) is 14.8. The minimum atomic E-state index is -0.174. The molecule has 0 aromatic heterocycles. The lowest BCUT2D eigenvalue weighted by Crippen LogP contribution is -2.46. The number of hydrogen-bond acceptors (Lipinski definition) is 4. The van der Waals surface area contributed by atoms with Crippen molar-refractivity contribution < 1.29 is 14.6 Å². The summed E-state index contributed by atoms with van der Waals surface area (Å²) < 4.78 is 5.17. The third kappa shape index (κ3) is 3.42. The Morgan fingerprint density at radius 1 is 1.41 bits per heavy atom. The number of methoxy groups -OCH3 is 1. The fourth-order valence-corrected chi connectivity index (χ4v) is 3.34. The number of carbonyl (C=O) groups is 1. The molecule has 22 heavy (non-hydrogen) atoms. The van der Waals surface area contributed by atoms with Gasteiger partial charge in [0.05, 0.1) is 19.8 Å². The molecule has 0 saturated carbocycles. The summed E-state index contributed by atoms with van der Waals surface area (Å²) in [5.41, 5.74) is 1.34. The van der Waals surface area contributed by atoms with Gasteiger partial charge < -0.3 is 15.2 Å². The lowest BCUT2D eigenvalue weighted by Gasteiger charge is -2.31. The Balaban J connectivity index is 2.08. The van der Waals surface area contributed by atoms with Crippen LogP contribution in [0.3, 0.4) is 0 Å². The quantitative estimate of drug-likeness (QED) is 0.877. The van der Waals surface area contributed by atoms with Crippen LogP contribution in [-0.2, 0) is 11.4 Å². The molecule has 2 N–H and O–H groups in total. The molecule has 3 atom stereocenters. The number of ether oxygens (including phenoxy) is 1. The van der Waals surface area contributed by atoms with E-state index in [-0.39, 0.29) is 18.6 Å². The maximum atomic E-state index is 12.5. The molecule has 1 amide bonds. The Hall–Kier alpha value is -1.59. The molecule has 5 heteroatoms. The van der Waals surface area contributed by atoms with Crippen LogP contribution >= 0.6 is 0 Å². The van der Waals surface area contributed by atoms with Gasteiger partial charge in [0.25, 0.3) is 0 Å². The Labute approximate surface area is 132 Å². The van der Waals surface area contributed by atoms with E-state index in [4.69, 9.17) is 4.74 Å². The van der Waals surface area contributed by atoms with E-state index in [9.17, 15) is 9.90 Å². The number of nitrogens with one attached hydrogen (secondary N) is 1. The van der Waals surface area contributed by atoms with Crippen LogP contribution in [0, 0.1) is 0 Å². The molecule has 1 aliphatic rings. The van der Waals surface area contributed by atoms with Gasteiger partial charge >= 0.3 is 0 Å². The first kappa shape index (κ1) is 16.8. The zero-order valence-electron chi connectivity index (χ0n) is 13.8. The molecule has 0 bridgehead atoms. The number of aliphatic hydroxyl groups excluding tert-OH is 1. The topological polar surface area (TPSA) is 61.8 Å². The van der Waals surface area contributed by atoms with Gasteiger partial charge in [-0.3, -0.25) is 9.69 Å². The molecule has 3 unspecified atom stereocenters. The number of aliphatic hydroxyl groups is 1. The maximum Gasteiger partial charge on any atom is 0.241 e. The van der Waals surface area contributed by atoms with Gasteiger partial charge in [0.2, 0.25) is 5.91 Å². The first-order valence-electron chi connectivity index (χ1n) is 7.84. The Morgan fingerprint density at radius 3 is 2.59 bits per heavy atom. The number of likely N-dealkylation sites (tertiary alicyclic amines) is 1. The van der Waals surface area contributed by atoms with Crippen molar-refractivity contribution in [1.82, 2.24) is 4.90 Å². The number of amides is 1. The first-order chi connectivity index (χ1) is 10.5. The monoisotopic (exact) mass is 306 g/mol. The first-order valence-corrected chi connectivity index (χ1v) is 7.84. The summed E-state index contributed by atoms with van der Waals surface area (Å²) in [7, 11) is 1.56. The average molecular weight is 306 g/mol. The summed E-state index contributed by atoms with van der Waals surface area (Å²) in [6.45, 7) is 6.17. The number of nitrogens with zero attached hydrogens (tertiary/aromatic N) is 1. The molecule has 2 rings (SSSR count). The molecule has 1 saturated heterocycles. The highest BCUT2D eigenvalue weighted by molar-refractivity contribution is 5.94. The van der Waals surface area contributed by atoms with Crippen LogP contribution in [0.15, 0.2) is 18.2 Å². The van der Waals surface area contributed by atoms with Crippen LogP contribution in [0.1, 0.15) is 39.2 Å². The van der Waals surface area contributed by atoms with Crippen molar-refractivity contribution in [2.75, 3.05) is 12.4 Å². The largest absolute Gasteiger partial charge is 0.496 e. The molecule has 1 aliphatic heterocycles. The second-order valence-electron chi connectivity index (χ2n) is 6.07. The average Bonchev–Trinajstić information content (AvgIpc) is 2.85. The number of carbonyl (C=O) groups excluding carboxylic acids is 1. The molecule has 122 valence electrons. The molecule has 0 aliphatic carbocycles. The van der Waals surface area contributed by atoms with Crippen LogP contribution in [0.4, 0.5) is 5.69 Å². The SMILES string of the molecule is COc1ccc(NC(=O)C(C)N2C(C)CCC2C)cc1CO. The van der Waals surface area contributed by atoms with Crippen LogP contribution in [0.2, 0.25) is 0 Å². The van der Waals surface area contributed by atoms with Crippen molar-refractivity contribution in [3.8, 4) is 5.75 Å². The van der Waals surface area contributed by atoms with Gasteiger partial charge in [0.15, 0.2) is 0 Å². The highest BCUT2D eigenvalue weighted by atomic mass is 16.5. The van der Waals surface area contributed by atoms with Crippen molar-refractivity contribution in [1.29, 1.82) is 0 Å². The third-order valence-electron chi connectivity index (χ3n) is 4.57. The lowest BCUT2D eigenvalue weighted by molar-refractivity contribution is -0.121. The van der Waals surface area contributed by atoms with Crippen LogP contribution in [0.25, 0.3) is 0 Å². The summed E-state index contributed by atoms with van der Waals surface area (Å²) in [5, 5.41) is 12.3. The number of hydrogen-bond donors (Lipinski definition) is 2. The van der Waals surface area contributed by atoms with Crippen LogP contribution in [-0.4, -0.2) is 41.1 Å². The van der Waals surface area contributed by atoms with E-state index < -0.39 is 0 Å². The fraction of sp³-hybridized carbons (Fsp3) is 0.588. The summed E-state index contributed by atoms with van der Waals surface area (Å²) in [6, 6.07) is 5.98. The lowest BCUT2D eigenvalue weighted by atomic mass is 10.1. The van der Waals surface area contributed by atoms with Crippen molar-refractivity contribution in [2.24, 2.45) is 0 Å². The molecule has 1 aromatic carbocycles. The van der Waals surface area contributed by atoms with Crippen molar-refractivity contribution in [3.05, 3.63) is 23.8 Å². The van der Waals surface area contributed by atoms with Gasteiger partial charge in [-0.05, 0) is 51.8 Å². The predicted molar refractivity (Wildman–Crippen MR) is 87.0 cm³/mol. The molecule has 0 radical (unpaired) electrons. The van der Waals surface area contributed by atoms with Crippen molar-refractivity contribution in [2.45, 2.75) is 58.3 Å². The fourth-order valence-electron chi connectivity index (χ4n) is 3.34. The van der Waals surface area contributed by atoms with Gasteiger partial charge in [0, 0.05) is 23.3 Å². The zero-order chi connectivity index (χ0) is 16.3. The molecular weight excluding hydrogens is 280 g/mol. The second-order valence-corrected chi connectivity index (χ2v) is 6.07. The Bertz CT molecular complexity index is 523. The van der Waals surface area contributed by atoms with Crippen LogP contribution in [0.5, 0.6) is 5.75 Å². The van der Waals surface area contributed by atoms with Gasteiger partial charge in [-0.2, -0.15) is 0 Å². The Morgan fingerprint density at radius 2 is 2.05 bits per heavy atom. The highest BCUT2D eigenvalue weighted by Crippen LogP contribution is 2.27. The molecule has 0 spiro atoms. The second kappa shape index (κ2) is 7.11. The van der Waals surface area contributed by atoms with Gasteiger partial charge in [-0.25, -0.2) is 0 Å². The van der Waals surface area contributed by atoms with Crippen LogP contribution < -0.4 is 10.1 Å². The van der Waals surface area contributed by atoms with E-state index in [0.29, 0.717) is 29.1 Å². The van der Waals surface area contributed by atoms with E-state index in [1.807, 2.05) is 6.92 Å². The number of anilines is 1. The van der Waals surface area contributed by atoms with E-state index in [1.54, 1.807) is 25.3 Å². The molecule has 1 fully saturated rings. The third-order valence-corrected chi connectivity index (χ3v) is 4.57.